The largest absolute Gasteiger partial charge is 0.303 e. The van der Waals surface area contributed by atoms with Crippen LogP contribution in [0, 0.1) is 0 Å². The fraction of sp³-hybridized carbons (Fsp3) is 0.667. The van der Waals surface area contributed by atoms with Gasteiger partial charge < -0.3 is 4.57 Å². The summed E-state index contributed by atoms with van der Waals surface area (Å²) in [5, 5.41) is 9.83. The first-order valence-electron chi connectivity index (χ1n) is 5.97. The molecule has 1 aromatic heterocycles. The minimum Gasteiger partial charge on any atom is -0.303 e. The van der Waals surface area contributed by atoms with Crippen LogP contribution in [0.25, 0.3) is 0 Å². The highest BCUT2D eigenvalue weighted by atomic mass is 32.2. The minimum atomic E-state index is 0.693. The van der Waals surface area contributed by atoms with Gasteiger partial charge >= 0.3 is 0 Å². The lowest BCUT2D eigenvalue weighted by Gasteiger charge is -2.07. The van der Waals surface area contributed by atoms with Crippen molar-refractivity contribution in [3.8, 4) is 0 Å². The van der Waals surface area contributed by atoms with Crippen molar-refractivity contribution in [3.05, 3.63) is 18.0 Å². The molecule has 0 aliphatic heterocycles. The predicted octanol–water partition coefficient (Wildman–Crippen LogP) is 3.16. The van der Waals surface area contributed by atoms with Gasteiger partial charge in [-0.1, -0.05) is 23.9 Å². The Bertz CT molecular complexity index is 416. The lowest BCUT2D eigenvalue weighted by atomic mass is 10.4. The van der Waals surface area contributed by atoms with Crippen molar-refractivity contribution < 1.29 is 0 Å². The van der Waals surface area contributed by atoms with E-state index in [0.717, 1.165) is 10.9 Å². The number of nitrogens with zero attached hydrogens (tertiary/aromatic N) is 3. The number of aromatic nitrogens is 3. The fourth-order valence-corrected chi connectivity index (χ4v) is 2.73. The Hall–Kier alpha value is -0.770. The van der Waals surface area contributed by atoms with Crippen LogP contribution >= 0.6 is 11.8 Å². The van der Waals surface area contributed by atoms with Crippen LogP contribution in [0.2, 0.25) is 0 Å². The van der Waals surface area contributed by atoms with E-state index in [1.54, 1.807) is 11.8 Å². The molecule has 1 heterocycles. The van der Waals surface area contributed by atoms with E-state index >= 15 is 0 Å². The van der Waals surface area contributed by atoms with Gasteiger partial charge in [0.25, 0.3) is 0 Å². The second-order valence-corrected chi connectivity index (χ2v) is 5.90. The topological polar surface area (TPSA) is 30.7 Å². The maximum absolute atomic E-state index is 4.38. The maximum atomic E-state index is 4.38. The third kappa shape index (κ3) is 2.03. The highest BCUT2D eigenvalue weighted by Gasteiger charge is 2.36. The van der Waals surface area contributed by atoms with Crippen LogP contribution < -0.4 is 0 Å². The zero-order valence-electron chi connectivity index (χ0n) is 9.65. The molecule has 16 heavy (non-hydrogen) atoms. The molecule has 3 rings (SSSR count). The van der Waals surface area contributed by atoms with Gasteiger partial charge in [-0.15, -0.1) is 10.2 Å². The van der Waals surface area contributed by atoms with Crippen LogP contribution in [-0.2, 0) is 0 Å². The molecule has 0 aromatic carbocycles. The first-order chi connectivity index (χ1) is 7.75. The molecule has 0 radical (unpaired) electrons. The van der Waals surface area contributed by atoms with Crippen molar-refractivity contribution in [2.75, 3.05) is 5.75 Å². The highest BCUT2D eigenvalue weighted by molar-refractivity contribution is 7.99. The first-order valence-corrected chi connectivity index (χ1v) is 6.96. The van der Waals surface area contributed by atoms with Crippen molar-refractivity contribution >= 4 is 11.8 Å². The van der Waals surface area contributed by atoms with Crippen LogP contribution in [0.5, 0.6) is 0 Å². The molecule has 1 aromatic rings. The van der Waals surface area contributed by atoms with Gasteiger partial charge in [0, 0.05) is 17.7 Å². The van der Waals surface area contributed by atoms with Crippen molar-refractivity contribution in [2.45, 2.75) is 49.7 Å². The molecule has 4 heteroatoms. The molecular formula is C12H17N3S. The molecule has 2 fully saturated rings. The second kappa shape index (κ2) is 3.91. The summed E-state index contributed by atoms with van der Waals surface area (Å²) >= 11 is 1.78. The second-order valence-electron chi connectivity index (χ2n) is 4.96. The van der Waals surface area contributed by atoms with E-state index < -0.39 is 0 Å². The summed E-state index contributed by atoms with van der Waals surface area (Å²) in [5.41, 5.74) is 1.20. The first kappa shape index (κ1) is 10.4. The Kier molecular flexibility index (Phi) is 2.54. The summed E-state index contributed by atoms with van der Waals surface area (Å²) in [6, 6.07) is 0.693. The van der Waals surface area contributed by atoms with Gasteiger partial charge in [-0.2, -0.15) is 0 Å². The predicted molar refractivity (Wildman–Crippen MR) is 65.8 cm³/mol. The Morgan fingerprint density at radius 2 is 2.12 bits per heavy atom. The SMILES string of the molecule is C=C(C)CSc1nnc(C2CC2)n1C1CC1. The molecule has 2 aliphatic carbocycles. The molecule has 0 N–H and O–H groups in total. The van der Waals surface area contributed by atoms with Crippen molar-refractivity contribution in [2.24, 2.45) is 0 Å². The van der Waals surface area contributed by atoms with Gasteiger partial charge in [-0.3, -0.25) is 0 Å². The van der Waals surface area contributed by atoms with Crippen molar-refractivity contribution in [1.29, 1.82) is 0 Å². The third-order valence-corrected chi connectivity index (χ3v) is 4.17. The third-order valence-electron chi connectivity index (χ3n) is 2.99. The summed E-state index contributed by atoms with van der Waals surface area (Å²) in [4.78, 5) is 0. The van der Waals surface area contributed by atoms with E-state index in [1.807, 2.05) is 0 Å². The number of hydrogen-bond acceptors (Lipinski definition) is 3. The lowest BCUT2D eigenvalue weighted by Crippen LogP contribution is -2.02. The molecule has 0 bridgehead atoms. The van der Waals surface area contributed by atoms with Crippen LogP contribution in [0.1, 0.15) is 50.4 Å². The van der Waals surface area contributed by atoms with Gasteiger partial charge in [0.05, 0.1) is 0 Å². The normalized spacial score (nSPS) is 20.1. The van der Waals surface area contributed by atoms with Gasteiger partial charge in [0.1, 0.15) is 5.82 Å². The molecule has 0 saturated heterocycles. The molecule has 2 aliphatic rings. The minimum absolute atomic E-state index is 0.693. The smallest absolute Gasteiger partial charge is 0.191 e. The average Bonchev–Trinajstić information content (AvgIpc) is 3.13. The summed E-state index contributed by atoms with van der Waals surface area (Å²) in [6.07, 6.45) is 5.21. The van der Waals surface area contributed by atoms with E-state index in [2.05, 4.69) is 28.3 Å². The van der Waals surface area contributed by atoms with Gasteiger partial charge in [-0.25, -0.2) is 0 Å². The van der Waals surface area contributed by atoms with Crippen molar-refractivity contribution in [1.82, 2.24) is 14.8 Å². The van der Waals surface area contributed by atoms with E-state index in [4.69, 9.17) is 0 Å². The Morgan fingerprint density at radius 1 is 1.38 bits per heavy atom. The van der Waals surface area contributed by atoms with Crippen LogP contribution in [0.4, 0.5) is 0 Å². The van der Waals surface area contributed by atoms with E-state index in [9.17, 15) is 0 Å². The van der Waals surface area contributed by atoms with E-state index in [1.165, 1.54) is 37.1 Å². The summed E-state index contributed by atoms with van der Waals surface area (Å²) in [7, 11) is 0. The Balaban J connectivity index is 1.82. The molecular weight excluding hydrogens is 218 g/mol. The van der Waals surface area contributed by atoms with E-state index in [0.29, 0.717) is 12.0 Å². The van der Waals surface area contributed by atoms with Crippen LogP contribution in [0.15, 0.2) is 17.3 Å². The van der Waals surface area contributed by atoms with Gasteiger partial charge in [0.2, 0.25) is 0 Å². The zero-order valence-corrected chi connectivity index (χ0v) is 10.5. The summed E-state index contributed by atoms with van der Waals surface area (Å²) < 4.78 is 2.39. The molecule has 0 spiro atoms. The summed E-state index contributed by atoms with van der Waals surface area (Å²) in [5.74, 6) is 2.90. The number of rotatable bonds is 5. The molecule has 86 valence electrons. The van der Waals surface area contributed by atoms with Crippen LogP contribution in [0.3, 0.4) is 0 Å². The highest BCUT2D eigenvalue weighted by Crippen LogP contribution is 2.46. The lowest BCUT2D eigenvalue weighted by molar-refractivity contribution is 0.627. The zero-order chi connectivity index (χ0) is 11.1. The Morgan fingerprint density at radius 3 is 2.69 bits per heavy atom. The quantitative estimate of drug-likeness (QED) is 0.580. The van der Waals surface area contributed by atoms with Crippen molar-refractivity contribution in [3.63, 3.8) is 0 Å². The molecule has 0 unspecified atom stereocenters. The summed E-state index contributed by atoms with van der Waals surface area (Å²) in [6.45, 7) is 6.00. The monoisotopic (exact) mass is 235 g/mol. The fourth-order valence-electron chi connectivity index (χ4n) is 1.87. The number of hydrogen-bond donors (Lipinski definition) is 0. The Labute approximate surface area is 100 Å². The molecule has 2 saturated carbocycles. The molecule has 0 atom stereocenters. The van der Waals surface area contributed by atoms with Crippen LogP contribution in [-0.4, -0.2) is 20.5 Å². The number of thioether (sulfide) groups is 1. The van der Waals surface area contributed by atoms with Gasteiger partial charge in [0.15, 0.2) is 5.16 Å². The maximum Gasteiger partial charge on any atom is 0.191 e. The molecule has 3 nitrogen and oxygen atoms in total. The van der Waals surface area contributed by atoms with Gasteiger partial charge in [-0.05, 0) is 32.6 Å². The standard InChI is InChI=1S/C12H17N3S/c1-8(2)7-16-12-14-13-11(9-3-4-9)15(12)10-5-6-10/h9-10H,1,3-7H2,2H3. The van der Waals surface area contributed by atoms with E-state index in [-0.39, 0.29) is 0 Å². The average molecular weight is 235 g/mol. The molecule has 0 amide bonds.